The van der Waals surface area contributed by atoms with Gasteiger partial charge in [-0.1, -0.05) is 97.8 Å². The zero-order valence-corrected chi connectivity index (χ0v) is 43.6. The van der Waals surface area contributed by atoms with Gasteiger partial charge in [0.05, 0.1) is 31.5 Å². The maximum Gasteiger partial charge on any atom is 0.306 e. The van der Waals surface area contributed by atoms with E-state index in [1.807, 2.05) is 6.92 Å². The van der Waals surface area contributed by atoms with E-state index in [4.69, 9.17) is 47.4 Å². The van der Waals surface area contributed by atoms with Crippen LogP contribution in [-0.2, 0) is 57.0 Å². The lowest BCUT2D eigenvalue weighted by Crippen LogP contribution is -2.68. The summed E-state index contributed by atoms with van der Waals surface area (Å²) < 4.78 is 62.9. The third-order valence-electron chi connectivity index (χ3n) is 14.1. The van der Waals surface area contributed by atoms with Crippen LogP contribution in [0.5, 0.6) is 0 Å². The zero-order chi connectivity index (χ0) is 52.9. The average molecular weight is 1040 g/mol. The molecule has 21 nitrogen and oxygen atoms in total. The number of rotatable bonds is 33. The number of aliphatic hydroxyl groups excluding tert-OH is 9. The molecule has 0 saturated carbocycles. The Morgan fingerprint density at radius 1 is 0.486 bits per heavy atom. The van der Waals surface area contributed by atoms with Crippen molar-refractivity contribution in [3.05, 3.63) is 0 Å². The molecule has 422 valence electrons. The van der Waals surface area contributed by atoms with Crippen LogP contribution in [0.15, 0.2) is 0 Å². The van der Waals surface area contributed by atoms with Crippen LogP contribution < -0.4 is 0 Å². The van der Waals surface area contributed by atoms with Crippen molar-refractivity contribution in [3.63, 3.8) is 0 Å². The Kier molecular flexibility index (Phi) is 28.7. The molecule has 4 heterocycles. The van der Waals surface area contributed by atoms with E-state index in [1.165, 1.54) is 20.3 Å². The number of carbonyl (C=O) groups is 2. The van der Waals surface area contributed by atoms with Gasteiger partial charge in [-0.05, 0) is 52.9 Å². The molecule has 0 unspecified atom stereocenters. The van der Waals surface area contributed by atoms with Gasteiger partial charge in [-0.15, -0.1) is 0 Å². The summed E-state index contributed by atoms with van der Waals surface area (Å²) >= 11 is 0. The van der Waals surface area contributed by atoms with Crippen molar-refractivity contribution in [2.75, 3.05) is 19.8 Å². The highest BCUT2D eigenvalue weighted by Crippen LogP contribution is 2.37. The molecule has 0 aliphatic carbocycles. The Morgan fingerprint density at radius 2 is 1.03 bits per heavy atom. The fraction of sp³-hybridized carbons (Fsp3) is 0.961. The topological polar surface area (TPSA) is 309 Å². The first-order valence-electron chi connectivity index (χ1n) is 27.0. The van der Waals surface area contributed by atoms with E-state index in [0.717, 1.165) is 70.6 Å². The zero-order valence-electron chi connectivity index (χ0n) is 43.6. The minimum Gasteiger partial charge on any atom is -0.456 e. The Hall–Kier alpha value is -1.58. The summed E-state index contributed by atoms with van der Waals surface area (Å²) in [7, 11) is 0. The molecule has 0 bridgehead atoms. The highest BCUT2D eigenvalue weighted by Gasteiger charge is 2.57. The van der Waals surface area contributed by atoms with Gasteiger partial charge in [-0.3, -0.25) is 4.79 Å². The number of esters is 1. The first kappa shape index (κ1) is 63.0. The lowest BCUT2D eigenvalue weighted by molar-refractivity contribution is -0.399. The number of hydrogen-bond donors (Lipinski definition) is 9. The molecular weight excluding hydrogens is 949 g/mol. The van der Waals surface area contributed by atoms with Crippen molar-refractivity contribution in [2.24, 2.45) is 0 Å². The predicted molar refractivity (Wildman–Crippen MR) is 257 cm³/mol. The van der Waals surface area contributed by atoms with E-state index in [1.54, 1.807) is 13.8 Å². The first-order chi connectivity index (χ1) is 34.5. The Balaban J connectivity index is 1.75. The molecule has 72 heavy (non-hydrogen) atoms. The maximum absolute atomic E-state index is 13.6. The van der Waals surface area contributed by atoms with Crippen LogP contribution >= 0.6 is 0 Å². The van der Waals surface area contributed by atoms with E-state index in [9.17, 15) is 55.5 Å². The van der Waals surface area contributed by atoms with Crippen molar-refractivity contribution < 1.29 is 103 Å². The lowest BCUT2D eigenvalue weighted by atomic mass is 9.95. The van der Waals surface area contributed by atoms with Gasteiger partial charge in [-0.2, -0.15) is 0 Å². The van der Waals surface area contributed by atoms with Crippen LogP contribution in [-0.4, -0.2) is 206 Å². The molecule has 21 atom stereocenters. The summed E-state index contributed by atoms with van der Waals surface area (Å²) in [5.74, 6) is -0.537. The molecule has 0 aromatic heterocycles. The van der Waals surface area contributed by atoms with Gasteiger partial charge < -0.3 is 98.1 Å². The molecule has 4 aliphatic heterocycles. The Labute approximate surface area is 426 Å². The lowest BCUT2D eigenvalue weighted by Gasteiger charge is -2.50. The van der Waals surface area contributed by atoms with Crippen LogP contribution in [0, 0.1) is 0 Å². The summed E-state index contributed by atoms with van der Waals surface area (Å²) in [6, 6.07) is 0. The van der Waals surface area contributed by atoms with Crippen LogP contribution in [0.1, 0.15) is 164 Å². The quantitative estimate of drug-likeness (QED) is 0.0337. The fourth-order valence-corrected chi connectivity index (χ4v) is 9.54. The summed E-state index contributed by atoms with van der Waals surface area (Å²) in [4.78, 5) is 25.1. The molecular formula is C51H92O21. The molecule has 9 N–H and O–H groups in total. The smallest absolute Gasteiger partial charge is 0.306 e. The van der Waals surface area contributed by atoms with E-state index in [0.29, 0.717) is 38.5 Å². The summed E-state index contributed by atoms with van der Waals surface area (Å²) in [5, 5.41) is 98.3. The van der Waals surface area contributed by atoms with Crippen molar-refractivity contribution in [1.29, 1.82) is 0 Å². The molecule has 0 amide bonds. The monoisotopic (exact) mass is 1040 g/mol. The first-order valence-corrected chi connectivity index (χ1v) is 27.0. The van der Waals surface area contributed by atoms with Gasteiger partial charge in [0.25, 0.3) is 0 Å². The summed E-state index contributed by atoms with van der Waals surface area (Å²) in [5.41, 5.74) is 0. The molecule has 0 radical (unpaired) electrons. The van der Waals surface area contributed by atoms with Crippen LogP contribution in [0.3, 0.4) is 0 Å². The number of carbonyl (C=O) groups excluding carboxylic acids is 2. The van der Waals surface area contributed by atoms with E-state index >= 15 is 0 Å². The highest BCUT2D eigenvalue weighted by molar-refractivity contribution is 5.75. The second kappa shape index (κ2) is 32.9. The molecule has 0 aromatic carbocycles. The number of Topliss-reactive ketones (excluding diaryl/α,β-unsaturated/α-hetero) is 1. The maximum atomic E-state index is 13.6. The molecule has 0 aromatic rings. The van der Waals surface area contributed by atoms with Gasteiger partial charge in [0, 0.05) is 19.4 Å². The second-order valence-corrected chi connectivity index (χ2v) is 20.2. The molecule has 21 heteroatoms. The van der Waals surface area contributed by atoms with Gasteiger partial charge in [-0.25, -0.2) is 0 Å². The van der Waals surface area contributed by atoms with E-state index in [-0.39, 0.29) is 18.8 Å². The average Bonchev–Trinajstić information content (AvgIpc) is 3.35. The normalized spacial score (nSPS) is 37.9. The predicted octanol–water partition coefficient (Wildman–Crippen LogP) is 2.34. The highest BCUT2D eigenvalue weighted by atomic mass is 16.8. The van der Waals surface area contributed by atoms with Gasteiger partial charge >= 0.3 is 5.97 Å². The van der Waals surface area contributed by atoms with Crippen LogP contribution in [0.2, 0.25) is 0 Å². The molecule has 4 aliphatic rings. The van der Waals surface area contributed by atoms with Crippen molar-refractivity contribution >= 4 is 11.8 Å². The number of aliphatic hydroxyl groups is 9. The van der Waals surface area contributed by atoms with E-state index in [2.05, 4.69) is 6.92 Å². The van der Waals surface area contributed by atoms with Gasteiger partial charge in [0.1, 0.15) is 79.0 Å². The van der Waals surface area contributed by atoms with Gasteiger partial charge in [0.15, 0.2) is 37.4 Å². The van der Waals surface area contributed by atoms with Crippen LogP contribution in [0.4, 0.5) is 0 Å². The summed E-state index contributed by atoms with van der Waals surface area (Å²) in [6.45, 7) is 9.33. The third-order valence-corrected chi connectivity index (χ3v) is 14.1. The molecule has 4 rings (SSSR count). The minimum absolute atomic E-state index is 0.0540. The van der Waals surface area contributed by atoms with Crippen LogP contribution in [0.25, 0.3) is 0 Å². The summed E-state index contributed by atoms with van der Waals surface area (Å²) in [6.07, 6.45) is -15.8. The van der Waals surface area contributed by atoms with Crippen molar-refractivity contribution in [1.82, 2.24) is 0 Å². The largest absolute Gasteiger partial charge is 0.456 e. The SMILES string of the molecule is CCCCCCCCC[C@H](CCCCCCCC(C)=O)O[C@@H]1O[C@H](CO)[C@@H](O)[C@H](O)[C@H]1O[C@@H]1O[C@H](CO[C@@H]2O[C@H](C)[C@H](O)[C@H](O)[C@@H]2O)[C@@H](OCCCC)[C@H](OC(=O)CCC)[C@H]1O[C@@H]1O[C@@H](C)[C@H](O)[C@@H](O)[C@@H]1O. The molecule has 4 fully saturated rings. The van der Waals surface area contributed by atoms with Gasteiger partial charge in [0.2, 0.25) is 0 Å². The number of ether oxygens (including phenoxy) is 10. The fourth-order valence-electron chi connectivity index (χ4n) is 9.54. The number of hydrogen-bond acceptors (Lipinski definition) is 21. The Bertz CT molecular complexity index is 1500. The van der Waals surface area contributed by atoms with Crippen molar-refractivity contribution in [2.45, 2.75) is 292 Å². The minimum atomic E-state index is -1.86. The second-order valence-electron chi connectivity index (χ2n) is 20.2. The van der Waals surface area contributed by atoms with E-state index < -0.39 is 148 Å². The Morgan fingerprint density at radius 3 is 1.61 bits per heavy atom. The van der Waals surface area contributed by atoms with Crippen molar-refractivity contribution in [3.8, 4) is 0 Å². The third kappa shape index (κ3) is 18.9. The number of ketones is 1. The number of unbranched alkanes of at least 4 members (excludes halogenated alkanes) is 11. The molecule has 0 spiro atoms. The standard InChI is InChI=1S/C51H92O21/c1-7-10-12-13-14-17-20-24-32(25-21-18-15-16-19-23-29(4)53)67-50-45(41(60)38(57)33(27-52)68-50)71-51-47(72-49-43(62)40(59)37(56)31(6)66-49)46(70-35(54)22-9-3)44(63-26-11-8-2)34(69-51)28-64-48-42(61)39(58)36(55)30(5)65-48/h30-34,36-52,55-62H,7-28H2,1-6H3/t30-,31+,32-,33-,34-,36+,37+,38-,39+,40-,41+,42+,43+,44-,45-,46+,47-,48-,49+,50-,51+/m1/s1. The molecule has 4 saturated heterocycles.